The van der Waals surface area contributed by atoms with Crippen molar-refractivity contribution in [2.24, 2.45) is 0 Å². The Hall–Kier alpha value is -1.62. The van der Waals surface area contributed by atoms with Crippen LogP contribution in [0, 0.1) is 6.92 Å². The number of hydrogen-bond donors (Lipinski definition) is 1. The molecule has 1 N–H and O–H groups in total. The predicted molar refractivity (Wildman–Crippen MR) is 92.3 cm³/mol. The van der Waals surface area contributed by atoms with Crippen LogP contribution in [0.15, 0.2) is 28.7 Å². The van der Waals surface area contributed by atoms with E-state index in [9.17, 15) is 0 Å². The summed E-state index contributed by atoms with van der Waals surface area (Å²) >= 11 is 3.56. The van der Waals surface area contributed by atoms with E-state index >= 15 is 0 Å². The highest BCUT2D eigenvalue weighted by Crippen LogP contribution is 2.28. The molecule has 4 rings (SSSR count). The largest absolute Gasteiger partial charge is 0.352 e. The van der Waals surface area contributed by atoms with Gasteiger partial charge in [0.1, 0.15) is 5.82 Å². The highest BCUT2D eigenvalue weighted by Gasteiger charge is 2.23. The van der Waals surface area contributed by atoms with E-state index in [1.807, 2.05) is 6.92 Å². The maximum atomic E-state index is 4.72. The Morgan fingerprint density at radius 2 is 2.05 bits per heavy atom. The highest BCUT2D eigenvalue weighted by molar-refractivity contribution is 9.10. The Kier molecular flexibility index (Phi) is 3.53. The van der Waals surface area contributed by atoms with Crippen molar-refractivity contribution in [3.05, 3.63) is 45.6 Å². The van der Waals surface area contributed by atoms with E-state index in [4.69, 9.17) is 4.98 Å². The molecule has 0 radical (unpaired) electrons. The third-order valence-electron chi connectivity index (χ3n) is 4.26. The molecule has 22 heavy (non-hydrogen) atoms. The first-order valence-corrected chi connectivity index (χ1v) is 8.61. The zero-order chi connectivity index (χ0) is 15.1. The molecule has 0 atom stereocenters. The average Bonchev–Trinajstić information content (AvgIpc) is 3.30. The van der Waals surface area contributed by atoms with Crippen molar-refractivity contribution in [1.29, 1.82) is 0 Å². The van der Waals surface area contributed by atoms with Gasteiger partial charge in [0.2, 0.25) is 5.95 Å². The van der Waals surface area contributed by atoms with Crippen LogP contribution in [0.3, 0.4) is 0 Å². The fourth-order valence-electron chi connectivity index (χ4n) is 2.91. The molecule has 0 spiro atoms. The minimum Gasteiger partial charge on any atom is -0.352 e. The van der Waals surface area contributed by atoms with Gasteiger partial charge in [-0.1, -0.05) is 22.0 Å². The normalized spacial score (nSPS) is 17.3. The van der Waals surface area contributed by atoms with E-state index in [1.165, 1.54) is 24.0 Å². The van der Waals surface area contributed by atoms with E-state index in [0.717, 1.165) is 41.4 Å². The minimum absolute atomic E-state index is 0.578. The molecular weight excluding hydrogens is 340 g/mol. The molecule has 2 aromatic rings. The minimum atomic E-state index is 0.578. The number of halogens is 1. The SMILES string of the molecule is Cc1cc(N2CCc3cc(Br)ccc3C2)nc(NC2CC2)n1. The molecule has 0 saturated heterocycles. The van der Waals surface area contributed by atoms with Gasteiger partial charge in [0.15, 0.2) is 0 Å². The van der Waals surface area contributed by atoms with Gasteiger partial charge in [-0.3, -0.25) is 0 Å². The molecule has 1 aromatic heterocycles. The lowest BCUT2D eigenvalue weighted by molar-refractivity contribution is 0.718. The molecule has 2 aliphatic rings. The zero-order valence-electron chi connectivity index (χ0n) is 12.6. The number of rotatable bonds is 3. The molecule has 1 saturated carbocycles. The average molecular weight is 359 g/mol. The van der Waals surface area contributed by atoms with Crippen LogP contribution in [-0.2, 0) is 13.0 Å². The van der Waals surface area contributed by atoms with Gasteiger partial charge in [-0.25, -0.2) is 4.98 Å². The standard InChI is InChI=1S/C17H19BrN4/c1-11-8-16(21-17(19-11)20-15-4-5-15)22-7-6-12-9-14(18)3-2-13(12)10-22/h2-3,8-9,15H,4-7,10H2,1H3,(H,19,20,21). The van der Waals surface area contributed by atoms with Crippen LogP contribution in [0.2, 0.25) is 0 Å². The first-order chi connectivity index (χ1) is 10.7. The first kappa shape index (κ1) is 14.0. The van der Waals surface area contributed by atoms with Gasteiger partial charge < -0.3 is 10.2 Å². The third-order valence-corrected chi connectivity index (χ3v) is 4.75. The summed E-state index contributed by atoms with van der Waals surface area (Å²) in [5.41, 5.74) is 3.85. The quantitative estimate of drug-likeness (QED) is 0.908. The molecule has 5 heteroatoms. The summed E-state index contributed by atoms with van der Waals surface area (Å²) in [7, 11) is 0. The van der Waals surface area contributed by atoms with Gasteiger partial charge in [0.05, 0.1) is 0 Å². The molecule has 4 nitrogen and oxygen atoms in total. The van der Waals surface area contributed by atoms with E-state index in [0.29, 0.717) is 6.04 Å². The van der Waals surface area contributed by atoms with E-state index in [-0.39, 0.29) is 0 Å². The van der Waals surface area contributed by atoms with Crippen molar-refractivity contribution < 1.29 is 0 Å². The van der Waals surface area contributed by atoms with Crippen LogP contribution in [0.4, 0.5) is 11.8 Å². The maximum absolute atomic E-state index is 4.72. The predicted octanol–water partition coefficient (Wildman–Crippen LogP) is 3.68. The second kappa shape index (κ2) is 5.54. The van der Waals surface area contributed by atoms with Crippen molar-refractivity contribution >= 4 is 27.7 Å². The lowest BCUT2D eigenvalue weighted by Gasteiger charge is -2.30. The number of nitrogens with zero attached hydrogens (tertiary/aromatic N) is 3. The number of aromatic nitrogens is 2. The van der Waals surface area contributed by atoms with E-state index in [1.54, 1.807) is 0 Å². The van der Waals surface area contributed by atoms with Gasteiger partial charge >= 0.3 is 0 Å². The Balaban J connectivity index is 1.59. The molecular formula is C17H19BrN4. The molecule has 1 aromatic carbocycles. The van der Waals surface area contributed by atoms with Crippen molar-refractivity contribution in [2.45, 2.75) is 38.8 Å². The van der Waals surface area contributed by atoms with Crippen molar-refractivity contribution in [2.75, 3.05) is 16.8 Å². The summed E-state index contributed by atoms with van der Waals surface area (Å²) in [6, 6.07) is 9.23. The van der Waals surface area contributed by atoms with Crippen LogP contribution in [0.1, 0.15) is 29.7 Å². The molecule has 0 bridgehead atoms. The second-order valence-corrected chi connectivity index (χ2v) is 7.11. The second-order valence-electron chi connectivity index (χ2n) is 6.19. The van der Waals surface area contributed by atoms with Crippen LogP contribution in [-0.4, -0.2) is 22.6 Å². The Labute approximate surface area is 139 Å². The smallest absolute Gasteiger partial charge is 0.225 e. The maximum Gasteiger partial charge on any atom is 0.225 e. The van der Waals surface area contributed by atoms with E-state index < -0.39 is 0 Å². The fourth-order valence-corrected chi connectivity index (χ4v) is 3.31. The summed E-state index contributed by atoms with van der Waals surface area (Å²) in [5.74, 6) is 1.81. The van der Waals surface area contributed by atoms with E-state index in [2.05, 4.69) is 55.4 Å². The topological polar surface area (TPSA) is 41.1 Å². The van der Waals surface area contributed by atoms with Crippen LogP contribution in [0.25, 0.3) is 0 Å². The lowest BCUT2D eigenvalue weighted by Crippen LogP contribution is -2.31. The molecule has 1 aliphatic carbocycles. The molecule has 2 heterocycles. The Bertz CT molecular complexity index is 712. The summed E-state index contributed by atoms with van der Waals surface area (Å²) in [6.45, 7) is 3.96. The lowest BCUT2D eigenvalue weighted by atomic mass is 10.00. The summed E-state index contributed by atoms with van der Waals surface area (Å²) in [6.07, 6.45) is 3.53. The van der Waals surface area contributed by atoms with Gasteiger partial charge in [0, 0.05) is 35.4 Å². The van der Waals surface area contributed by atoms with Gasteiger partial charge in [-0.05, 0) is 49.4 Å². The van der Waals surface area contributed by atoms with Crippen LogP contribution >= 0.6 is 15.9 Å². The van der Waals surface area contributed by atoms with Gasteiger partial charge in [0.25, 0.3) is 0 Å². The zero-order valence-corrected chi connectivity index (χ0v) is 14.2. The van der Waals surface area contributed by atoms with Crippen molar-refractivity contribution in [3.63, 3.8) is 0 Å². The first-order valence-electron chi connectivity index (χ1n) is 7.82. The van der Waals surface area contributed by atoms with Gasteiger partial charge in [-0.2, -0.15) is 4.98 Å². The van der Waals surface area contributed by atoms with Crippen molar-refractivity contribution in [1.82, 2.24) is 9.97 Å². The number of nitrogens with one attached hydrogen (secondary N) is 1. The molecule has 0 amide bonds. The third kappa shape index (κ3) is 2.95. The number of aryl methyl sites for hydroxylation is 1. The van der Waals surface area contributed by atoms with Crippen LogP contribution < -0.4 is 10.2 Å². The fraction of sp³-hybridized carbons (Fsp3) is 0.412. The number of fused-ring (bicyclic) bond motifs is 1. The number of hydrogen-bond acceptors (Lipinski definition) is 4. The monoisotopic (exact) mass is 358 g/mol. The molecule has 0 unspecified atom stereocenters. The Morgan fingerprint density at radius 1 is 1.18 bits per heavy atom. The summed E-state index contributed by atoms with van der Waals surface area (Å²) < 4.78 is 1.16. The number of anilines is 2. The Morgan fingerprint density at radius 3 is 2.86 bits per heavy atom. The summed E-state index contributed by atoms with van der Waals surface area (Å²) in [4.78, 5) is 11.6. The van der Waals surface area contributed by atoms with Gasteiger partial charge in [-0.15, -0.1) is 0 Å². The highest BCUT2D eigenvalue weighted by atomic mass is 79.9. The van der Waals surface area contributed by atoms with Crippen molar-refractivity contribution in [3.8, 4) is 0 Å². The molecule has 1 fully saturated rings. The molecule has 1 aliphatic heterocycles. The molecule has 114 valence electrons. The van der Waals surface area contributed by atoms with Crippen LogP contribution in [0.5, 0.6) is 0 Å². The summed E-state index contributed by atoms with van der Waals surface area (Å²) in [5, 5.41) is 3.41. The number of benzene rings is 1.